The monoisotopic (exact) mass is 483 g/mol. The van der Waals surface area contributed by atoms with Crippen LogP contribution in [0.25, 0.3) is 16.1 Å². The Kier molecular flexibility index (Phi) is 8.86. The zero-order valence-electron chi connectivity index (χ0n) is 18.7. The number of rotatable bonds is 11. The molecule has 0 aliphatic rings. The number of carbonyl (C=O) groups excluding carboxylic acids is 1. The van der Waals surface area contributed by atoms with Crippen molar-refractivity contribution in [2.45, 2.75) is 59.8 Å². The van der Waals surface area contributed by atoms with Crippen LogP contribution in [0.3, 0.4) is 0 Å². The van der Waals surface area contributed by atoms with Gasteiger partial charge in [0.25, 0.3) is 0 Å². The van der Waals surface area contributed by atoms with E-state index in [9.17, 15) is 13.2 Å². The highest BCUT2D eigenvalue weighted by Crippen LogP contribution is 2.43. The van der Waals surface area contributed by atoms with E-state index in [2.05, 4.69) is 6.92 Å². The minimum atomic E-state index is -3.78. The van der Waals surface area contributed by atoms with Crippen molar-refractivity contribution in [2.75, 3.05) is 6.26 Å². The van der Waals surface area contributed by atoms with Crippen molar-refractivity contribution in [1.29, 1.82) is 0 Å². The van der Waals surface area contributed by atoms with Crippen molar-refractivity contribution in [2.24, 2.45) is 5.41 Å². The van der Waals surface area contributed by atoms with Crippen LogP contribution < -0.4 is 0 Å². The highest BCUT2D eigenvalue weighted by atomic mass is 35.5. The van der Waals surface area contributed by atoms with Gasteiger partial charge < -0.3 is 8.98 Å². The molecule has 31 heavy (non-hydrogen) atoms. The second-order valence-electron chi connectivity index (χ2n) is 8.06. The van der Waals surface area contributed by atoms with Crippen LogP contribution in [0.4, 0.5) is 0 Å². The summed E-state index contributed by atoms with van der Waals surface area (Å²) in [4.78, 5) is 17.2. The predicted molar refractivity (Wildman–Crippen MR) is 129 cm³/mol. The maximum Gasteiger partial charge on any atom is 0.305 e. The van der Waals surface area contributed by atoms with Gasteiger partial charge in [-0.25, -0.2) is 4.98 Å². The van der Waals surface area contributed by atoms with E-state index in [1.54, 1.807) is 0 Å². The lowest BCUT2D eigenvalue weighted by molar-refractivity contribution is -0.109. The molecule has 0 saturated carbocycles. The highest BCUT2D eigenvalue weighted by molar-refractivity contribution is 7.86. The summed E-state index contributed by atoms with van der Waals surface area (Å²) in [7, 11) is -3.78. The van der Waals surface area contributed by atoms with Crippen molar-refractivity contribution < 1.29 is 17.4 Å². The molecule has 0 aliphatic heterocycles. The summed E-state index contributed by atoms with van der Waals surface area (Å²) in [5.74, 6) is 0.300. The van der Waals surface area contributed by atoms with E-state index in [1.807, 2.05) is 45.0 Å². The van der Waals surface area contributed by atoms with E-state index in [4.69, 9.17) is 20.8 Å². The van der Waals surface area contributed by atoms with Gasteiger partial charge in [-0.1, -0.05) is 56.8 Å². The number of aromatic nitrogens is 1. The Balaban J connectivity index is 2.61. The van der Waals surface area contributed by atoms with E-state index in [0.717, 1.165) is 47.3 Å². The van der Waals surface area contributed by atoms with Crippen LogP contribution >= 0.6 is 22.9 Å². The second-order valence-corrected chi connectivity index (χ2v) is 11.3. The van der Waals surface area contributed by atoms with Gasteiger partial charge in [0, 0.05) is 32.9 Å². The van der Waals surface area contributed by atoms with E-state index < -0.39 is 15.5 Å². The fraction of sp³-hybridized carbons (Fsp3) is 0.478. The maximum absolute atomic E-state index is 12.1. The number of aryl methyl sites for hydroxylation is 1. The number of benzene rings is 1. The number of thiazole rings is 1. The Morgan fingerprint density at radius 2 is 1.90 bits per heavy atom. The average molecular weight is 484 g/mol. The molecule has 1 unspecified atom stereocenters. The van der Waals surface area contributed by atoms with Crippen molar-refractivity contribution in [1.82, 2.24) is 4.98 Å². The molecule has 8 heteroatoms. The Morgan fingerprint density at radius 1 is 1.26 bits per heavy atom. The first-order valence-corrected chi connectivity index (χ1v) is 13.3. The zero-order valence-corrected chi connectivity index (χ0v) is 21.1. The van der Waals surface area contributed by atoms with E-state index in [0.29, 0.717) is 28.5 Å². The minimum absolute atomic E-state index is 0.173. The van der Waals surface area contributed by atoms with Crippen LogP contribution in [-0.4, -0.2) is 25.9 Å². The number of allylic oxidation sites excluding steroid dienone is 2. The lowest BCUT2D eigenvalue weighted by atomic mass is 9.78. The smallest absolute Gasteiger partial charge is 0.305 e. The van der Waals surface area contributed by atoms with Crippen molar-refractivity contribution in [3.63, 3.8) is 0 Å². The number of hydrogen-bond donors (Lipinski definition) is 0. The molecule has 0 aliphatic carbocycles. The average Bonchev–Trinajstić information content (AvgIpc) is 3.07. The molecule has 1 aromatic carbocycles. The molecule has 0 radical (unpaired) electrons. The van der Waals surface area contributed by atoms with E-state index in [-0.39, 0.29) is 6.42 Å². The van der Waals surface area contributed by atoms with Crippen LogP contribution in [0.15, 0.2) is 30.0 Å². The lowest BCUT2D eigenvalue weighted by Crippen LogP contribution is -2.25. The summed E-state index contributed by atoms with van der Waals surface area (Å²) >= 11 is 7.51. The topological polar surface area (TPSA) is 73.3 Å². The van der Waals surface area contributed by atoms with Gasteiger partial charge in [0.05, 0.1) is 11.9 Å². The van der Waals surface area contributed by atoms with Crippen molar-refractivity contribution >= 4 is 44.9 Å². The van der Waals surface area contributed by atoms with Gasteiger partial charge >= 0.3 is 10.1 Å². The van der Waals surface area contributed by atoms with Gasteiger partial charge in [-0.15, -0.1) is 11.3 Å². The fourth-order valence-corrected chi connectivity index (χ4v) is 5.32. The summed E-state index contributed by atoms with van der Waals surface area (Å²) in [6.07, 6.45) is 5.57. The fourth-order valence-electron chi connectivity index (χ4n) is 3.59. The Bertz CT molecular complexity index is 1040. The van der Waals surface area contributed by atoms with Gasteiger partial charge in [-0.05, 0) is 32.4 Å². The van der Waals surface area contributed by atoms with E-state index >= 15 is 0 Å². The predicted octanol–water partition coefficient (Wildman–Crippen LogP) is 6.65. The molecular formula is C23H30ClNO4S2. The molecule has 0 spiro atoms. The summed E-state index contributed by atoms with van der Waals surface area (Å²) < 4.78 is 29.8. The standard InChI is InChI=1S/C23H30ClNO4S2/c1-6-7-8-13-23(4,14-15-26)21(29-31(5,27)28)16(2)20-17(3)30-22(25-20)18-9-11-19(24)12-10-18/h9-12,15H,6-8,13-14H2,1-5H3/b21-16-. The number of halogens is 1. The first-order chi connectivity index (χ1) is 14.5. The SMILES string of the molecule is CCCCCC(C)(CC=O)/C(OS(C)(=O)=O)=C(\C)c1nc(-c2ccc(Cl)cc2)sc1C. The number of nitrogens with zero attached hydrogens (tertiary/aromatic N) is 1. The third kappa shape index (κ3) is 6.89. The summed E-state index contributed by atoms with van der Waals surface area (Å²) in [5, 5.41) is 1.46. The van der Waals surface area contributed by atoms with E-state index in [1.165, 1.54) is 11.3 Å². The molecule has 0 N–H and O–H groups in total. The summed E-state index contributed by atoms with van der Waals surface area (Å²) in [6.45, 7) is 7.76. The van der Waals surface area contributed by atoms with Gasteiger partial charge in [-0.2, -0.15) is 8.42 Å². The third-order valence-electron chi connectivity index (χ3n) is 5.23. The first-order valence-electron chi connectivity index (χ1n) is 10.3. The maximum atomic E-state index is 12.1. The number of hydrogen-bond acceptors (Lipinski definition) is 6. The number of carbonyl (C=O) groups is 1. The van der Waals surface area contributed by atoms with Crippen LogP contribution in [0.2, 0.25) is 5.02 Å². The molecule has 2 rings (SSSR count). The zero-order chi connectivity index (χ0) is 23.2. The highest BCUT2D eigenvalue weighted by Gasteiger charge is 2.35. The molecule has 1 aromatic heterocycles. The molecule has 5 nitrogen and oxygen atoms in total. The van der Waals surface area contributed by atoms with Gasteiger partial charge in [-0.3, -0.25) is 0 Å². The molecule has 170 valence electrons. The molecule has 0 bridgehead atoms. The quantitative estimate of drug-likeness (QED) is 0.155. The van der Waals surface area contributed by atoms with Crippen LogP contribution in [0, 0.1) is 12.3 Å². The normalized spacial score (nSPS) is 14.6. The number of aldehydes is 1. The van der Waals surface area contributed by atoms with Gasteiger partial charge in [0.1, 0.15) is 17.1 Å². The molecular weight excluding hydrogens is 454 g/mol. The largest absolute Gasteiger partial charge is 0.386 e. The Morgan fingerprint density at radius 3 is 2.45 bits per heavy atom. The number of unbranched alkanes of at least 4 members (excludes halogenated alkanes) is 2. The third-order valence-corrected chi connectivity index (χ3v) is 6.97. The molecule has 1 heterocycles. The molecule has 0 amide bonds. The summed E-state index contributed by atoms with van der Waals surface area (Å²) in [5.41, 5.74) is 1.52. The molecule has 0 saturated heterocycles. The van der Waals surface area contributed by atoms with Crippen LogP contribution in [0.5, 0.6) is 0 Å². The van der Waals surface area contributed by atoms with Crippen LogP contribution in [0.1, 0.15) is 63.4 Å². The second kappa shape index (κ2) is 10.7. The van der Waals surface area contributed by atoms with Crippen molar-refractivity contribution in [3.8, 4) is 10.6 Å². The van der Waals surface area contributed by atoms with Crippen LogP contribution in [-0.2, 0) is 19.1 Å². The summed E-state index contributed by atoms with van der Waals surface area (Å²) in [6, 6.07) is 7.42. The molecule has 1 atom stereocenters. The van der Waals surface area contributed by atoms with Gasteiger partial charge in [0.2, 0.25) is 0 Å². The molecule has 0 fully saturated rings. The Labute approximate surface area is 194 Å². The van der Waals surface area contributed by atoms with Crippen molar-refractivity contribution in [3.05, 3.63) is 45.6 Å². The van der Waals surface area contributed by atoms with Gasteiger partial charge in [0.15, 0.2) is 0 Å². The molecule has 2 aromatic rings. The minimum Gasteiger partial charge on any atom is -0.386 e. The lowest BCUT2D eigenvalue weighted by Gasteiger charge is -2.31. The first kappa shape index (κ1) is 25.6. The Hall–Kier alpha value is -1.70.